The normalized spacial score (nSPS) is 11.9. The van der Waals surface area contributed by atoms with Crippen molar-refractivity contribution in [3.8, 4) is 0 Å². The molecule has 0 bridgehead atoms. The Morgan fingerprint density at radius 2 is 1.92 bits per heavy atom. The van der Waals surface area contributed by atoms with Crippen molar-refractivity contribution in [1.82, 2.24) is 0 Å². The Labute approximate surface area is 69.8 Å². The first-order chi connectivity index (χ1) is 5.57. The van der Waals surface area contributed by atoms with E-state index in [1.807, 2.05) is 0 Å². The first-order valence-electron chi connectivity index (χ1n) is 3.36. The zero-order chi connectivity index (χ0) is 9.56. The van der Waals surface area contributed by atoms with E-state index < -0.39 is 11.9 Å². The Balaban J connectivity index is 4.13. The van der Waals surface area contributed by atoms with Crippen LogP contribution in [0.15, 0.2) is 23.8 Å². The summed E-state index contributed by atoms with van der Waals surface area (Å²) in [6, 6.07) is 0. The van der Waals surface area contributed by atoms with Gasteiger partial charge in [-0.05, 0) is 6.92 Å². The molecule has 12 heavy (non-hydrogen) atoms. The summed E-state index contributed by atoms with van der Waals surface area (Å²) >= 11 is 0. The van der Waals surface area contributed by atoms with E-state index in [9.17, 15) is 9.59 Å². The van der Waals surface area contributed by atoms with E-state index in [1.165, 1.54) is 18.2 Å². The summed E-state index contributed by atoms with van der Waals surface area (Å²) < 4.78 is 0. The van der Waals surface area contributed by atoms with E-state index in [0.29, 0.717) is 0 Å². The molecule has 0 radical (unpaired) electrons. The second-order valence-corrected chi connectivity index (χ2v) is 2.05. The second-order valence-electron chi connectivity index (χ2n) is 2.05. The van der Waals surface area contributed by atoms with Gasteiger partial charge in [-0.1, -0.05) is 18.2 Å². The molecule has 0 heterocycles. The van der Waals surface area contributed by atoms with Gasteiger partial charge in [-0.2, -0.15) is 0 Å². The highest BCUT2D eigenvalue weighted by Crippen LogP contribution is 1.97. The maximum Gasteiger partial charge on any atom is 0.335 e. The number of carbonyl (C=O) groups is 2. The predicted molar refractivity (Wildman–Crippen MR) is 42.8 cm³/mol. The van der Waals surface area contributed by atoms with Gasteiger partial charge in [-0.3, -0.25) is 4.79 Å². The lowest BCUT2D eigenvalue weighted by molar-refractivity contribution is -0.136. The van der Waals surface area contributed by atoms with E-state index in [-0.39, 0.29) is 12.0 Å². The first kappa shape index (κ1) is 10.4. The van der Waals surface area contributed by atoms with Gasteiger partial charge < -0.3 is 10.2 Å². The maximum absolute atomic E-state index is 10.3. The van der Waals surface area contributed by atoms with Gasteiger partial charge in [0.1, 0.15) is 0 Å². The highest BCUT2D eigenvalue weighted by molar-refractivity contribution is 5.89. The second kappa shape index (κ2) is 5.12. The fraction of sp³-hybridized carbons (Fsp3) is 0.250. The van der Waals surface area contributed by atoms with E-state index in [1.54, 1.807) is 6.92 Å². The number of carboxylic acids is 2. The van der Waals surface area contributed by atoms with Gasteiger partial charge in [0.05, 0.1) is 12.0 Å². The minimum atomic E-state index is -1.06. The third-order valence-corrected chi connectivity index (χ3v) is 1.15. The van der Waals surface area contributed by atoms with Gasteiger partial charge in [0.2, 0.25) is 0 Å². The topological polar surface area (TPSA) is 74.6 Å². The minimum Gasteiger partial charge on any atom is -0.481 e. The lowest BCUT2D eigenvalue weighted by Gasteiger charge is -1.90. The van der Waals surface area contributed by atoms with E-state index >= 15 is 0 Å². The Kier molecular flexibility index (Phi) is 4.45. The SMILES string of the molecule is CC=C(C=CCC(=O)O)C(=O)O. The molecule has 0 spiro atoms. The molecule has 0 aromatic rings. The lowest BCUT2D eigenvalue weighted by Crippen LogP contribution is -1.97. The van der Waals surface area contributed by atoms with Gasteiger partial charge in [0, 0.05) is 0 Å². The quantitative estimate of drug-likeness (QED) is 0.488. The van der Waals surface area contributed by atoms with Crippen LogP contribution in [0.2, 0.25) is 0 Å². The molecule has 0 fully saturated rings. The Morgan fingerprint density at radius 3 is 2.25 bits per heavy atom. The Morgan fingerprint density at radius 1 is 1.33 bits per heavy atom. The van der Waals surface area contributed by atoms with Crippen molar-refractivity contribution in [2.24, 2.45) is 0 Å². The van der Waals surface area contributed by atoms with E-state index in [2.05, 4.69) is 0 Å². The Bertz CT molecular complexity index is 237. The van der Waals surface area contributed by atoms with Crippen LogP contribution in [-0.2, 0) is 9.59 Å². The average Bonchev–Trinajstić information content (AvgIpc) is 1.96. The minimum absolute atomic E-state index is 0.0938. The number of allylic oxidation sites excluding steroid dienone is 1. The summed E-state index contributed by atoms with van der Waals surface area (Å²) in [5, 5.41) is 16.7. The van der Waals surface area contributed by atoms with Gasteiger partial charge >= 0.3 is 11.9 Å². The molecule has 66 valence electrons. The van der Waals surface area contributed by atoms with Crippen LogP contribution < -0.4 is 0 Å². The molecule has 0 atom stereocenters. The zero-order valence-corrected chi connectivity index (χ0v) is 6.65. The maximum atomic E-state index is 10.3. The Hall–Kier alpha value is -1.58. The molecular formula is C8H10O4. The van der Waals surface area contributed by atoms with Crippen molar-refractivity contribution in [2.75, 3.05) is 0 Å². The number of hydrogen-bond donors (Lipinski definition) is 2. The lowest BCUT2D eigenvalue weighted by atomic mass is 10.2. The summed E-state index contributed by atoms with van der Waals surface area (Å²) in [4.78, 5) is 20.4. The van der Waals surface area contributed by atoms with Gasteiger partial charge in [-0.15, -0.1) is 0 Å². The van der Waals surface area contributed by atoms with E-state index in [0.717, 1.165) is 0 Å². The molecule has 0 saturated carbocycles. The molecule has 0 aliphatic carbocycles. The molecule has 4 heteroatoms. The molecule has 0 amide bonds. The van der Waals surface area contributed by atoms with Crippen LogP contribution in [0.3, 0.4) is 0 Å². The van der Waals surface area contributed by atoms with Crippen LogP contribution in [0.25, 0.3) is 0 Å². The molecule has 2 N–H and O–H groups in total. The van der Waals surface area contributed by atoms with Crippen molar-refractivity contribution in [3.63, 3.8) is 0 Å². The van der Waals surface area contributed by atoms with Crippen molar-refractivity contribution in [2.45, 2.75) is 13.3 Å². The number of rotatable bonds is 4. The fourth-order valence-electron chi connectivity index (χ4n) is 0.578. The molecular weight excluding hydrogens is 160 g/mol. The highest BCUT2D eigenvalue weighted by atomic mass is 16.4. The summed E-state index contributed by atoms with van der Waals surface area (Å²) in [6.45, 7) is 1.58. The molecule has 0 rings (SSSR count). The van der Waals surface area contributed by atoms with Crippen LogP contribution in [0, 0.1) is 0 Å². The smallest absolute Gasteiger partial charge is 0.335 e. The predicted octanol–water partition coefficient (Wildman–Crippen LogP) is 1.05. The van der Waals surface area contributed by atoms with Crippen molar-refractivity contribution < 1.29 is 19.8 Å². The molecule has 0 aliphatic heterocycles. The van der Waals surface area contributed by atoms with E-state index in [4.69, 9.17) is 10.2 Å². The molecule has 0 unspecified atom stereocenters. The molecule has 0 aromatic heterocycles. The number of aliphatic carboxylic acids is 2. The van der Waals surface area contributed by atoms with Crippen LogP contribution >= 0.6 is 0 Å². The summed E-state index contributed by atoms with van der Waals surface area (Å²) in [6.07, 6.45) is 3.81. The van der Waals surface area contributed by atoms with Crippen molar-refractivity contribution in [3.05, 3.63) is 23.8 Å². The van der Waals surface area contributed by atoms with Crippen LogP contribution in [0.4, 0.5) is 0 Å². The van der Waals surface area contributed by atoms with Crippen LogP contribution in [0.5, 0.6) is 0 Å². The first-order valence-corrected chi connectivity index (χ1v) is 3.36. The summed E-state index contributed by atoms with van der Waals surface area (Å²) in [7, 11) is 0. The average molecular weight is 170 g/mol. The van der Waals surface area contributed by atoms with Gasteiger partial charge in [0.25, 0.3) is 0 Å². The molecule has 4 nitrogen and oxygen atoms in total. The van der Waals surface area contributed by atoms with Crippen LogP contribution in [0.1, 0.15) is 13.3 Å². The standard InChI is InChI=1S/C8H10O4/c1-2-6(8(11)12)4-3-5-7(9)10/h2-4H,5H2,1H3,(H,9,10)(H,11,12). The fourth-order valence-corrected chi connectivity index (χ4v) is 0.578. The van der Waals surface area contributed by atoms with Gasteiger partial charge in [-0.25, -0.2) is 4.79 Å². The van der Waals surface area contributed by atoms with Crippen molar-refractivity contribution >= 4 is 11.9 Å². The largest absolute Gasteiger partial charge is 0.481 e. The zero-order valence-electron chi connectivity index (χ0n) is 6.65. The summed E-state index contributed by atoms with van der Waals surface area (Å²) in [5.41, 5.74) is 0.0938. The number of carboxylic acid groups (broad SMARTS) is 2. The molecule has 0 aromatic carbocycles. The monoisotopic (exact) mass is 170 g/mol. The van der Waals surface area contributed by atoms with Crippen LogP contribution in [-0.4, -0.2) is 22.2 Å². The number of hydrogen-bond acceptors (Lipinski definition) is 2. The van der Waals surface area contributed by atoms with Crippen molar-refractivity contribution in [1.29, 1.82) is 0 Å². The third-order valence-electron chi connectivity index (χ3n) is 1.15. The summed E-state index contributed by atoms with van der Waals surface area (Å²) in [5.74, 6) is -2.04. The third kappa shape index (κ3) is 4.27. The molecule has 0 saturated heterocycles. The molecule has 0 aliphatic rings. The highest BCUT2D eigenvalue weighted by Gasteiger charge is 2.00. The van der Waals surface area contributed by atoms with Gasteiger partial charge in [0.15, 0.2) is 0 Å².